The highest BCUT2D eigenvalue weighted by molar-refractivity contribution is 7.88. The summed E-state index contributed by atoms with van der Waals surface area (Å²) in [6, 6.07) is 10.2. The second kappa shape index (κ2) is 9.70. The minimum absolute atomic E-state index is 0.0240. The molecule has 1 heterocycles. The third-order valence-electron chi connectivity index (χ3n) is 5.41. The number of rotatable bonds is 6. The summed E-state index contributed by atoms with van der Waals surface area (Å²) in [6.45, 7) is -0.783. The normalized spacial score (nSPS) is 27.3. The van der Waals surface area contributed by atoms with E-state index in [2.05, 4.69) is 4.18 Å². The zero-order valence-electron chi connectivity index (χ0n) is 17.6. The summed E-state index contributed by atoms with van der Waals surface area (Å²) in [5, 5.41) is 60.1. The summed E-state index contributed by atoms with van der Waals surface area (Å²) in [7, 11) is -5.84. The van der Waals surface area contributed by atoms with Gasteiger partial charge in [-0.3, -0.25) is 0 Å². The molecule has 0 aliphatic carbocycles. The number of nitrogens with zero attached hydrogens (tertiary/aromatic N) is 1. The van der Waals surface area contributed by atoms with Crippen molar-refractivity contribution < 1.29 is 56.0 Å². The molecule has 190 valence electrons. The van der Waals surface area contributed by atoms with Gasteiger partial charge < -0.3 is 34.5 Å². The molecule has 1 fully saturated rings. The Morgan fingerprint density at radius 3 is 2.26 bits per heavy atom. The summed E-state index contributed by atoms with van der Waals surface area (Å²) >= 11 is 0. The van der Waals surface area contributed by atoms with Crippen LogP contribution >= 0.6 is 0 Å². The topological polar surface area (TPSA) is 178 Å². The van der Waals surface area contributed by atoms with Gasteiger partial charge >= 0.3 is 15.6 Å². The summed E-state index contributed by atoms with van der Waals surface area (Å²) < 4.78 is 69.0. The Morgan fingerprint density at radius 2 is 1.71 bits per heavy atom. The van der Waals surface area contributed by atoms with Crippen LogP contribution in [0.2, 0.25) is 0 Å². The van der Waals surface area contributed by atoms with Gasteiger partial charge in [-0.1, -0.05) is 18.2 Å². The maximum atomic E-state index is 12.5. The largest absolute Gasteiger partial charge is 0.534 e. The van der Waals surface area contributed by atoms with Crippen LogP contribution in [0.5, 0.6) is 5.75 Å². The van der Waals surface area contributed by atoms with Gasteiger partial charge in [-0.05, 0) is 41.8 Å². The Labute approximate surface area is 197 Å². The molecule has 0 radical (unpaired) electrons. The third-order valence-corrected chi connectivity index (χ3v) is 6.39. The molecular weight excluding hydrogens is 499 g/mol. The van der Waals surface area contributed by atoms with E-state index in [-0.39, 0.29) is 23.1 Å². The van der Waals surface area contributed by atoms with Crippen LogP contribution in [0, 0.1) is 11.3 Å². The van der Waals surface area contributed by atoms with E-state index in [0.29, 0.717) is 5.56 Å². The van der Waals surface area contributed by atoms with Gasteiger partial charge in [0.2, 0.25) is 5.79 Å². The highest BCUT2D eigenvalue weighted by atomic mass is 32.2. The van der Waals surface area contributed by atoms with Crippen LogP contribution in [0.15, 0.2) is 42.5 Å². The van der Waals surface area contributed by atoms with Crippen molar-refractivity contribution >= 4 is 10.1 Å². The summed E-state index contributed by atoms with van der Waals surface area (Å²) in [4.78, 5) is 0. The van der Waals surface area contributed by atoms with E-state index in [9.17, 15) is 52.4 Å². The van der Waals surface area contributed by atoms with Crippen LogP contribution in [0.25, 0.3) is 0 Å². The van der Waals surface area contributed by atoms with Gasteiger partial charge in [-0.25, -0.2) is 0 Å². The Bertz CT molecular complexity index is 1210. The lowest BCUT2D eigenvalue weighted by atomic mass is 9.86. The van der Waals surface area contributed by atoms with Gasteiger partial charge in [0, 0.05) is 5.56 Å². The van der Waals surface area contributed by atoms with Crippen LogP contribution < -0.4 is 4.18 Å². The predicted octanol–water partition coefficient (Wildman–Crippen LogP) is -0.00362. The fourth-order valence-corrected chi connectivity index (χ4v) is 3.98. The van der Waals surface area contributed by atoms with Gasteiger partial charge in [-0.15, -0.1) is 0 Å². The van der Waals surface area contributed by atoms with Gasteiger partial charge in [0.15, 0.2) is 0 Å². The van der Waals surface area contributed by atoms with Crippen molar-refractivity contribution in [3.63, 3.8) is 0 Å². The molecule has 35 heavy (non-hydrogen) atoms. The molecule has 1 aliphatic rings. The first-order valence-corrected chi connectivity index (χ1v) is 11.3. The Kier molecular flexibility index (Phi) is 7.44. The van der Waals surface area contributed by atoms with Crippen LogP contribution in [-0.4, -0.2) is 70.5 Å². The second-order valence-corrected chi connectivity index (χ2v) is 9.29. The number of nitriles is 1. The number of ether oxygens (including phenoxy) is 1. The molecule has 3 rings (SSSR count). The van der Waals surface area contributed by atoms with Crippen molar-refractivity contribution in [1.82, 2.24) is 0 Å². The lowest BCUT2D eigenvalue weighted by Gasteiger charge is -2.45. The van der Waals surface area contributed by atoms with Gasteiger partial charge in [0.1, 0.15) is 30.2 Å². The highest BCUT2D eigenvalue weighted by Crippen LogP contribution is 2.37. The summed E-state index contributed by atoms with van der Waals surface area (Å²) in [5.41, 5.74) is -4.90. The molecule has 10 nitrogen and oxygen atoms in total. The Balaban J connectivity index is 1.90. The molecule has 0 spiro atoms. The number of alkyl halides is 3. The standard InChI is InChI=1S/C21H20F3NO9S/c22-21(23,24)35(31,32)34-15-5-1-11(2-6-15)7-13-8-14(4-3-12(13)9-25)20(30)19(29)18(28)17(27)16(10-26)33-20/h1-6,8,16-19,26-30H,7,10H2/t16-,17-,18+,19-,20+/m1/s1. The SMILES string of the molecule is N#Cc1ccc([C@]2(O)O[C@H](CO)[C@@H](O)[C@H](O)[C@H]2O)cc1Cc1ccc(OS(=O)(=O)C(F)(F)F)cc1. The molecule has 14 heteroatoms. The molecule has 2 aromatic carbocycles. The molecule has 0 unspecified atom stereocenters. The summed E-state index contributed by atoms with van der Waals surface area (Å²) in [5.74, 6) is -3.14. The highest BCUT2D eigenvalue weighted by Gasteiger charge is 2.53. The molecule has 1 aliphatic heterocycles. The van der Waals surface area contributed by atoms with Crippen molar-refractivity contribution in [3.8, 4) is 11.8 Å². The van der Waals surface area contributed by atoms with E-state index >= 15 is 0 Å². The van der Waals surface area contributed by atoms with E-state index in [0.717, 1.165) is 12.1 Å². The molecule has 1 saturated heterocycles. The first-order valence-electron chi connectivity index (χ1n) is 9.92. The van der Waals surface area contributed by atoms with E-state index in [1.165, 1.54) is 30.3 Å². The van der Waals surface area contributed by atoms with Crippen molar-refractivity contribution in [1.29, 1.82) is 5.26 Å². The van der Waals surface area contributed by atoms with Crippen LogP contribution in [0.1, 0.15) is 22.3 Å². The van der Waals surface area contributed by atoms with Crippen molar-refractivity contribution in [2.45, 2.75) is 42.1 Å². The first-order chi connectivity index (χ1) is 16.2. The molecular formula is C21H20F3NO9S. The fraction of sp³-hybridized carbons (Fsp3) is 0.381. The van der Waals surface area contributed by atoms with Crippen LogP contribution in [0.4, 0.5) is 13.2 Å². The van der Waals surface area contributed by atoms with Gasteiger partial charge in [-0.2, -0.15) is 26.9 Å². The molecule has 0 saturated carbocycles. The number of aliphatic hydroxyl groups excluding tert-OH is 4. The van der Waals surface area contributed by atoms with E-state index in [1.54, 1.807) is 0 Å². The lowest BCUT2D eigenvalue weighted by Crippen LogP contribution is -2.63. The van der Waals surface area contributed by atoms with Crippen molar-refractivity contribution in [2.75, 3.05) is 6.61 Å². The van der Waals surface area contributed by atoms with Crippen LogP contribution in [0.3, 0.4) is 0 Å². The van der Waals surface area contributed by atoms with Crippen LogP contribution in [-0.2, 0) is 27.1 Å². The number of hydrogen-bond acceptors (Lipinski definition) is 10. The molecule has 0 amide bonds. The smallest absolute Gasteiger partial charge is 0.394 e. The average molecular weight is 519 g/mol. The van der Waals surface area contributed by atoms with E-state index in [1.807, 2.05) is 6.07 Å². The maximum absolute atomic E-state index is 12.5. The lowest BCUT2D eigenvalue weighted by molar-refractivity contribution is -0.357. The molecule has 0 bridgehead atoms. The van der Waals surface area contributed by atoms with Gasteiger partial charge in [0.25, 0.3) is 0 Å². The number of aliphatic hydroxyl groups is 5. The second-order valence-electron chi connectivity index (χ2n) is 7.75. The minimum Gasteiger partial charge on any atom is -0.394 e. The number of hydrogen-bond donors (Lipinski definition) is 5. The van der Waals surface area contributed by atoms with E-state index in [4.69, 9.17) is 4.74 Å². The maximum Gasteiger partial charge on any atom is 0.534 e. The molecule has 5 atom stereocenters. The number of halogens is 3. The predicted molar refractivity (Wildman–Crippen MR) is 110 cm³/mol. The first kappa shape index (κ1) is 26.8. The van der Waals surface area contributed by atoms with Crippen molar-refractivity contribution in [2.24, 2.45) is 0 Å². The molecule has 0 aromatic heterocycles. The molecule has 2 aromatic rings. The zero-order chi connectivity index (χ0) is 26.2. The van der Waals surface area contributed by atoms with Gasteiger partial charge in [0.05, 0.1) is 18.2 Å². The minimum atomic E-state index is -5.84. The Hall–Kier alpha value is -2.77. The third kappa shape index (κ3) is 5.26. The van der Waals surface area contributed by atoms with Crippen molar-refractivity contribution in [3.05, 3.63) is 64.7 Å². The quantitative estimate of drug-likeness (QED) is 0.258. The average Bonchev–Trinajstić information content (AvgIpc) is 2.80. The molecule has 5 N–H and O–H groups in total. The fourth-order valence-electron chi connectivity index (χ4n) is 3.52. The number of benzene rings is 2. The summed E-state index contributed by atoms with van der Waals surface area (Å²) in [6.07, 6.45) is -7.03. The monoisotopic (exact) mass is 519 g/mol. The zero-order valence-corrected chi connectivity index (χ0v) is 18.4. The Morgan fingerprint density at radius 1 is 1.09 bits per heavy atom. The van der Waals surface area contributed by atoms with E-state index < -0.39 is 58.2 Å².